The number of aliphatic hydroxyl groups excluding tert-OH is 1. The Morgan fingerprint density at radius 3 is 3.00 bits per heavy atom. The van der Waals surface area contributed by atoms with Gasteiger partial charge < -0.3 is 10.0 Å². The van der Waals surface area contributed by atoms with Crippen LogP contribution < -0.4 is 0 Å². The van der Waals surface area contributed by atoms with Crippen LogP contribution >= 0.6 is 0 Å². The van der Waals surface area contributed by atoms with Gasteiger partial charge in [0.2, 0.25) is 0 Å². The summed E-state index contributed by atoms with van der Waals surface area (Å²) in [6.07, 6.45) is 4.65. The van der Waals surface area contributed by atoms with Gasteiger partial charge in [-0.3, -0.25) is 0 Å². The normalized spacial score (nSPS) is 27.3. The monoisotopic (exact) mass is 157 g/mol. The van der Waals surface area contributed by atoms with Gasteiger partial charge in [0, 0.05) is 6.54 Å². The quantitative estimate of drug-likeness (QED) is 0.666. The number of aliphatic hydroxyl groups is 1. The van der Waals surface area contributed by atoms with E-state index in [1.807, 2.05) is 0 Å². The molecule has 0 aromatic rings. The lowest BCUT2D eigenvalue weighted by atomic mass is 10.1. The van der Waals surface area contributed by atoms with Crippen LogP contribution in [-0.2, 0) is 0 Å². The van der Waals surface area contributed by atoms with Crippen LogP contribution in [0.4, 0.5) is 0 Å². The van der Waals surface area contributed by atoms with E-state index in [0.29, 0.717) is 0 Å². The van der Waals surface area contributed by atoms with Crippen molar-refractivity contribution >= 4 is 0 Å². The fourth-order valence-electron chi connectivity index (χ4n) is 1.62. The molecule has 1 aliphatic heterocycles. The van der Waals surface area contributed by atoms with Crippen molar-refractivity contribution in [1.29, 1.82) is 0 Å². The number of hydrogen-bond acceptors (Lipinski definition) is 2. The largest absolute Gasteiger partial charge is 0.392 e. The summed E-state index contributed by atoms with van der Waals surface area (Å²) in [6.45, 7) is 5.48. The zero-order valence-electron chi connectivity index (χ0n) is 7.42. The highest BCUT2D eigenvalue weighted by Crippen LogP contribution is 2.09. The second kappa shape index (κ2) is 4.73. The minimum Gasteiger partial charge on any atom is -0.392 e. The Hall–Kier alpha value is -0.0800. The predicted octanol–water partition coefficient (Wildman–Crippen LogP) is 1.24. The van der Waals surface area contributed by atoms with Crippen LogP contribution in [0.25, 0.3) is 0 Å². The van der Waals surface area contributed by atoms with Crippen LogP contribution in [0, 0.1) is 0 Å². The summed E-state index contributed by atoms with van der Waals surface area (Å²) in [5.41, 5.74) is 0. The van der Waals surface area contributed by atoms with E-state index >= 15 is 0 Å². The lowest BCUT2D eigenvalue weighted by molar-refractivity contribution is 0.0701. The van der Waals surface area contributed by atoms with Gasteiger partial charge in [-0.05, 0) is 32.4 Å². The highest BCUT2D eigenvalue weighted by atomic mass is 16.3. The summed E-state index contributed by atoms with van der Waals surface area (Å²) in [7, 11) is 0. The van der Waals surface area contributed by atoms with Crippen molar-refractivity contribution < 1.29 is 5.11 Å². The molecular formula is C9H19NO. The average molecular weight is 157 g/mol. The maximum Gasteiger partial charge on any atom is 0.0667 e. The first-order chi connectivity index (χ1) is 5.33. The average Bonchev–Trinajstić information content (AvgIpc) is 2.01. The van der Waals surface area contributed by atoms with Crippen molar-refractivity contribution in [2.75, 3.05) is 19.6 Å². The minimum absolute atomic E-state index is 0.0550. The fraction of sp³-hybridized carbons (Fsp3) is 1.00. The number of β-amino-alcohol motifs (C(OH)–C–C–N with tert-alkyl or cyclic N) is 1. The maximum absolute atomic E-state index is 9.34. The number of piperidine rings is 1. The van der Waals surface area contributed by atoms with Crippen LogP contribution in [-0.4, -0.2) is 35.7 Å². The fourth-order valence-corrected chi connectivity index (χ4v) is 1.62. The molecule has 1 fully saturated rings. The van der Waals surface area contributed by atoms with Crippen molar-refractivity contribution in [3.63, 3.8) is 0 Å². The highest BCUT2D eigenvalue weighted by molar-refractivity contribution is 4.71. The topological polar surface area (TPSA) is 23.5 Å². The number of likely N-dealkylation sites (tertiary alicyclic amines) is 1. The van der Waals surface area contributed by atoms with Crippen molar-refractivity contribution in [1.82, 2.24) is 4.90 Å². The molecule has 0 amide bonds. The Labute approximate surface area is 69.2 Å². The standard InChI is InChI=1S/C9H19NO/c1-2-3-6-10-7-4-5-9(11)8-10/h9,11H,2-8H2,1H3/t9-/m1/s1. The van der Waals surface area contributed by atoms with Gasteiger partial charge in [-0.2, -0.15) is 0 Å². The molecule has 0 aliphatic carbocycles. The Morgan fingerprint density at radius 2 is 2.36 bits per heavy atom. The molecule has 0 unspecified atom stereocenters. The van der Waals surface area contributed by atoms with Gasteiger partial charge in [0.25, 0.3) is 0 Å². The van der Waals surface area contributed by atoms with Crippen LogP contribution in [0.1, 0.15) is 32.6 Å². The van der Waals surface area contributed by atoms with Gasteiger partial charge >= 0.3 is 0 Å². The molecule has 2 heteroatoms. The van der Waals surface area contributed by atoms with Gasteiger partial charge in [0.15, 0.2) is 0 Å². The smallest absolute Gasteiger partial charge is 0.0667 e. The predicted molar refractivity (Wildman–Crippen MR) is 46.6 cm³/mol. The Bertz CT molecular complexity index is 106. The van der Waals surface area contributed by atoms with Crippen molar-refractivity contribution in [2.45, 2.75) is 38.7 Å². The van der Waals surface area contributed by atoms with E-state index in [4.69, 9.17) is 0 Å². The van der Waals surface area contributed by atoms with E-state index in [2.05, 4.69) is 11.8 Å². The van der Waals surface area contributed by atoms with E-state index < -0.39 is 0 Å². The van der Waals surface area contributed by atoms with Crippen LogP contribution in [0.2, 0.25) is 0 Å². The Morgan fingerprint density at radius 1 is 1.55 bits per heavy atom. The molecule has 0 spiro atoms. The Kier molecular flexibility index (Phi) is 3.87. The van der Waals surface area contributed by atoms with E-state index in [9.17, 15) is 5.11 Å². The third-order valence-electron chi connectivity index (χ3n) is 2.31. The molecule has 1 atom stereocenters. The van der Waals surface area contributed by atoms with Gasteiger partial charge in [-0.25, -0.2) is 0 Å². The molecule has 1 saturated heterocycles. The second-order valence-electron chi connectivity index (χ2n) is 3.45. The van der Waals surface area contributed by atoms with Gasteiger partial charge in [-0.1, -0.05) is 13.3 Å². The molecule has 0 radical (unpaired) electrons. The summed E-state index contributed by atoms with van der Waals surface area (Å²) in [4.78, 5) is 2.37. The van der Waals surface area contributed by atoms with Gasteiger partial charge in [-0.15, -0.1) is 0 Å². The third kappa shape index (κ3) is 3.21. The van der Waals surface area contributed by atoms with Crippen LogP contribution in [0.5, 0.6) is 0 Å². The lowest BCUT2D eigenvalue weighted by Gasteiger charge is -2.29. The molecule has 1 N–H and O–H groups in total. The molecule has 0 bridgehead atoms. The molecule has 1 heterocycles. The van der Waals surface area contributed by atoms with Crippen LogP contribution in [0.3, 0.4) is 0 Å². The maximum atomic E-state index is 9.34. The summed E-state index contributed by atoms with van der Waals surface area (Å²) in [5.74, 6) is 0. The number of hydrogen-bond donors (Lipinski definition) is 1. The van der Waals surface area contributed by atoms with Crippen molar-refractivity contribution in [3.8, 4) is 0 Å². The summed E-state index contributed by atoms with van der Waals surface area (Å²) >= 11 is 0. The molecule has 0 aromatic heterocycles. The molecular weight excluding hydrogens is 138 g/mol. The molecule has 11 heavy (non-hydrogen) atoms. The van der Waals surface area contributed by atoms with E-state index in [1.54, 1.807) is 0 Å². The van der Waals surface area contributed by atoms with Crippen molar-refractivity contribution in [2.24, 2.45) is 0 Å². The zero-order valence-corrected chi connectivity index (χ0v) is 7.42. The molecule has 1 aliphatic rings. The summed E-state index contributed by atoms with van der Waals surface area (Å²) in [6, 6.07) is 0. The van der Waals surface area contributed by atoms with E-state index in [0.717, 1.165) is 13.0 Å². The van der Waals surface area contributed by atoms with Crippen LogP contribution in [0.15, 0.2) is 0 Å². The lowest BCUT2D eigenvalue weighted by Crippen LogP contribution is -2.38. The first-order valence-corrected chi connectivity index (χ1v) is 4.73. The van der Waals surface area contributed by atoms with E-state index in [1.165, 1.54) is 32.4 Å². The van der Waals surface area contributed by atoms with Crippen molar-refractivity contribution in [3.05, 3.63) is 0 Å². The zero-order chi connectivity index (χ0) is 8.10. The van der Waals surface area contributed by atoms with Gasteiger partial charge in [0.05, 0.1) is 6.10 Å². The first-order valence-electron chi connectivity index (χ1n) is 4.73. The molecule has 66 valence electrons. The number of unbranched alkanes of at least 4 members (excludes halogenated alkanes) is 1. The van der Waals surface area contributed by atoms with Gasteiger partial charge in [0.1, 0.15) is 0 Å². The molecule has 0 saturated carbocycles. The molecule has 0 aromatic carbocycles. The highest BCUT2D eigenvalue weighted by Gasteiger charge is 2.16. The minimum atomic E-state index is -0.0550. The SMILES string of the molecule is CCCCN1CCC[C@@H](O)C1. The third-order valence-corrected chi connectivity index (χ3v) is 2.31. The Balaban J connectivity index is 2.12. The number of rotatable bonds is 3. The summed E-state index contributed by atoms with van der Waals surface area (Å²) < 4.78 is 0. The number of nitrogens with zero attached hydrogens (tertiary/aromatic N) is 1. The second-order valence-corrected chi connectivity index (χ2v) is 3.45. The molecule has 2 nitrogen and oxygen atoms in total. The molecule has 1 rings (SSSR count). The first kappa shape index (κ1) is 9.01. The summed E-state index contributed by atoms with van der Waals surface area (Å²) in [5, 5.41) is 9.34. The van der Waals surface area contributed by atoms with E-state index in [-0.39, 0.29) is 6.10 Å².